The van der Waals surface area contributed by atoms with Gasteiger partial charge < -0.3 is 20.0 Å². The molecule has 0 spiro atoms. The van der Waals surface area contributed by atoms with Crippen molar-refractivity contribution in [2.75, 3.05) is 13.2 Å². The molecule has 2 aromatic carbocycles. The first-order valence-corrected chi connectivity index (χ1v) is 9.29. The number of amides is 2. The number of aliphatic carboxylic acids is 1. The van der Waals surface area contributed by atoms with Crippen LogP contribution in [0.15, 0.2) is 53.6 Å². The molecule has 0 bridgehead atoms. The summed E-state index contributed by atoms with van der Waals surface area (Å²) in [6.07, 6.45) is 1.32. The maximum atomic E-state index is 12.2. The predicted octanol–water partition coefficient (Wildman–Crippen LogP) is 0.993. The molecule has 0 heterocycles. The van der Waals surface area contributed by atoms with Crippen molar-refractivity contribution in [2.45, 2.75) is 26.2 Å². The molecule has 0 unspecified atom stereocenters. The number of hydrogen-bond donors (Lipinski definition) is 2. The molecule has 2 N–H and O–H groups in total. The van der Waals surface area contributed by atoms with Crippen molar-refractivity contribution in [3.63, 3.8) is 0 Å². The zero-order valence-corrected chi connectivity index (χ0v) is 17.1. The van der Waals surface area contributed by atoms with Crippen molar-refractivity contribution in [3.8, 4) is 5.75 Å². The van der Waals surface area contributed by atoms with Crippen molar-refractivity contribution in [2.24, 2.45) is 5.10 Å². The number of carbonyl (C=O) groups is 3. The average Bonchev–Trinajstić information content (AvgIpc) is 2.70. The summed E-state index contributed by atoms with van der Waals surface area (Å²) in [7, 11) is 0. The number of carboxylic acid groups (broad SMARTS) is 1. The lowest BCUT2D eigenvalue weighted by molar-refractivity contribution is -0.307. The maximum absolute atomic E-state index is 12.2. The quantitative estimate of drug-likeness (QED) is 0.497. The smallest absolute Gasteiger partial charge is 0.259 e. The van der Waals surface area contributed by atoms with E-state index in [4.69, 9.17) is 4.74 Å². The summed E-state index contributed by atoms with van der Waals surface area (Å²) in [5.74, 6) is -1.94. The monoisotopic (exact) mass is 410 g/mol. The van der Waals surface area contributed by atoms with Crippen LogP contribution < -0.4 is 20.6 Å². The van der Waals surface area contributed by atoms with Crippen LogP contribution in [0.3, 0.4) is 0 Å². The number of nitrogens with zero attached hydrogens (tertiary/aromatic N) is 1. The number of hydrazone groups is 1. The topological polar surface area (TPSA) is 120 Å². The normalized spacial score (nSPS) is 11.2. The van der Waals surface area contributed by atoms with E-state index in [-0.39, 0.29) is 23.6 Å². The van der Waals surface area contributed by atoms with Gasteiger partial charge in [0.05, 0.1) is 18.7 Å². The minimum Gasteiger partial charge on any atom is -0.546 e. The summed E-state index contributed by atoms with van der Waals surface area (Å²) in [6, 6.07) is 13.8. The summed E-state index contributed by atoms with van der Waals surface area (Å²) in [4.78, 5) is 34.6. The Morgan fingerprint density at radius 3 is 2.37 bits per heavy atom. The summed E-state index contributed by atoms with van der Waals surface area (Å²) < 4.78 is 5.09. The van der Waals surface area contributed by atoms with Gasteiger partial charge >= 0.3 is 0 Å². The first-order valence-electron chi connectivity index (χ1n) is 9.29. The fraction of sp³-hybridized carbons (Fsp3) is 0.273. The van der Waals surface area contributed by atoms with E-state index in [9.17, 15) is 19.5 Å². The second-order valence-corrected chi connectivity index (χ2v) is 7.50. The van der Waals surface area contributed by atoms with Crippen LogP contribution in [0.25, 0.3) is 0 Å². The highest BCUT2D eigenvalue weighted by Gasteiger charge is 2.14. The largest absolute Gasteiger partial charge is 0.546 e. The van der Waals surface area contributed by atoms with Gasteiger partial charge in [-0.05, 0) is 35.2 Å². The van der Waals surface area contributed by atoms with Crippen LogP contribution in [0, 0.1) is 0 Å². The summed E-state index contributed by atoms with van der Waals surface area (Å²) in [6.45, 7) is 5.41. The molecular formula is C22H24N3O5-. The van der Waals surface area contributed by atoms with Gasteiger partial charge in [0.1, 0.15) is 12.4 Å². The number of benzene rings is 2. The Balaban J connectivity index is 1.85. The third-order valence-corrected chi connectivity index (χ3v) is 4.08. The number of carboxylic acids is 1. The molecular weight excluding hydrogens is 386 g/mol. The van der Waals surface area contributed by atoms with E-state index in [2.05, 4.69) is 36.6 Å². The number of rotatable bonds is 8. The van der Waals surface area contributed by atoms with Crippen LogP contribution in [0.2, 0.25) is 0 Å². The fourth-order valence-corrected chi connectivity index (χ4v) is 2.45. The lowest BCUT2D eigenvalue weighted by Gasteiger charge is -2.19. The lowest BCUT2D eigenvalue weighted by Crippen LogP contribution is -2.35. The lowest BCUT2D eigenvalue weighted by atomic mass is 9.87. The molecule has 0 aromatic heterocycles. The second kappa shape index (κ2) is 10.2. The van der Waals surface area contributed by atoms with Crippen molar-refractivity contribution in [1.29, 1.82) is 0 Å². The molecule has 0 aliphatic rings. The van der Waals surface area contributed by atoms with Gasteiger partial charge in [0, 0.05) is 11.1 Å². The molecule has 0 aliphatic heterocycles. The maximum Gasteiger partial charge on any atom is 0.259 e. The van der Waals surface area contributed by atoms with E-state index >= 15 is 0 Å². The van der Waals surface area contributed by atoms with Gasteiger partial charge in [0.25, 0.3) is 11.8 Å². The molecule has 158 valence electrons. The minimum absolute atomic E-state index is 0.0128. The first-order chi connectivity index (χ1) is 14.2. The van der Waals surface area contributed by atoms with Gasteiger partial charge in [0.2, 0.25) is 0 Å². The van der Waals surface area contributed by atoms with Gasteiger partial charge in [0.15, 0.2) is 0 Å². The van der Waals surface area contributed by atoms with Gasteiger partial charge in [-0.2, -0.15) is 5.10 Å². The van der Waals surface area contributed by atoms with E-state index in [0.29, 0.717) is 11.1 Å². The van der Waals surface area contributed by atoms with E-state index in [0.717, 1.165) is 5.56 Å². The Kier molecular flexibility index (Phi) is 7.69. The van der Waals surface area contributed by atoms with Crippen molar-refractivity contribution < 1.29 is 24.2 Å². The number of nitrogens with one attached hydrogen (secondary N) is 2. The van der Waals surface area contributed by atoms with Crippen molar-refractivity contribution >= 4 is 24.0 Å². The van der Waals surface area contributed by atoms with Crippen molar-refractivity contribution in [3.05, 3.63) is 65.2 Å². The Hall–Kier alpha value is -3.68. The number of carbonyl (C=O) groups excluding carboxylic acids is 3. The fourth-order valence-electron chi connectivity index (χ4n) is 2.45. The Bertz CT molecular complexity index is 931. The highest BCUT2D eigenvalue weighted by Crippen LogP contribution is 2.22. The number of ether oxygens (including phenoxy) is 1. The van der Waals surface area contributed by atoms with Crippen LogP contribution in [-0.4, -0.2) is 37.1 Å². The van der Waals surface area contributed by atoms with Gasteiger partial charge in [-0.25, -0.2) is 5.43 Å². The zero-order chi connectivity index (χ0) is 22.1. The molecule has 8 nitrogen and oxygen atoms in total. The third-order valence-electron chi connectivity index (χ3n) is 4.08. The van der Waals surface area contributed by atoms with Crippen LogP contribution in [0.4, 0.5) is 0 Å². The standard InChI is InChI=1S/C22H25N3O5/c1-22(2,3)17-10-8-15(9-11-17)21(29)23-13-19(26)25-24-12-16-6-4-5-7-18(16)30-14-20(27)28/h4-12H,13-14H2,1-3H3,(H,23,29)(H,25,26)(H,27,28)/p-1. The van der Waals surface area contributed by atoms with E-state index < -0.39 is 18.5 Å². The van der Waals surface area contributed by atoms with Crippen LogP contribution in [0.1, 0.15) is 42.3 Å². The second-order valence-electron chi connectivity index (χ2n) is 7.50. The zero-order valence-electron chi connectivity index (χ0n) is 17.1. The Labute approximate surface area is 174 Å². The van der Waals surface area contributed by atoms with Gasteiger partial charge in [-0.15, -0.1) is 0 Å². The summed E-state index contributed by atoms with van der Waals surface area (Å²) in [5.41, 5.74) is 4.32. The highest BCUT2D eigenvalue weighted by molar-refractivity contribution is 5.96. The number of hydrogen-bond acceptors (Lipinski definition) is 6. The van der Waals surface area contributed by atoms with E-state index in [1.165, 1.54) is 6.21 Å². The van der Waals surface area contributed by atoms with Crippen molar-refractivity contribution in [1.82, 2.24) is 10.7 Å². The molecule has 0 fully saturated rings. The molecule has 2 aromatic rings. The van der Waals surface area contributed by atoms with Gasteiger partial charge in [-0.3, -0.25) is 9.59 Å². The molecule has 0 saturated carbocycles. The summed E-state index contributed by atoms with van der Waals surface area (Å²) >= 11 is 0. The Morgan fingerprint density at radius 1 is 1.07 bits per heavy atom. The molecule has 0 saturated heterocycles. The number of para-hydroxylation sites is 1. The van der Waals surface area contributed by atoms with Crippen LogP contribution in [-0.2, 0) is 15.0 Å². The molecule has 30 heavy (non-hydrogen) atoms. The molecule has 0 aliphatic carbocycles. The molecule has 2 rings (SSSR count). The molecule has 0 atom stereocenters. The summed E-state index contributed by atoms with van der Waals surface area (Å²) in [5, 5.41) is 16.8. The van der Waals surface area contributed by atoms with Gasteiger partial charge in [-0.1, -0.05) is 45.0 Å². The van der Waals surface area contributed by atoms with Crippen LogP contribution >= 0.6 is 0 Å². The molecule has 8 heteroatoms. The minimum atomic E-state index is -1.35. The first kappa shape index (κ1) is 22.6. The SMILES string of the molecule is CC(C)(C)c1ccc(C(=O)NCC(=O)NN=Cc2ccccc2OCC(=O)[O-])cc1. The van der Waals surface area contributed by atoms with Crippen LogP contribution in [0.5, 0.6) is 5.75 Å². The third kappa shape index (κ3) is 7.05. The van der Waals surface area contributed by atoms with E-state index in [1.807, 2.05) is 12.1 Å². The Morgan fingerprint density at radius 2 is 1.73 bits per heavy atom. The predicted molar refractivity (Wildman–Crippen MR) is 110 cm³/mol. The highest BCUT2D eigenvalue weighted by atomic mass is 16.5. The molecule has 0 radical (unpaired) electrons. The average molecular weight is 410 g/mol. The van der Waals surface area contributed by atoms with E-state index in [1.54, 1.807) is 36.4 Å². The molecule has 2 amide bonds.